The number of phenols is 1. The van der Waals surface area contributed by atoms with Crippen LogP contribution in [-0.2, 0) is 0 Å². The Morgan fingerprint density at radius 1 is 0.800 bits per heavy atom. The zero-order chi connectivity index (χ0) is 21.3. The third-order valence-electron chi connectivity index (χ3n) is 5.12. The van der Waals surface area contributed by atoms with Gasteiger partial charge in [0.1, 0.15) is 18.1 Å². The molecule has 3 nitrogen and oxygen atoms in total. The van der Waals surface area contributed by atoms with E-state index in [1.807, 2.05) is 66.7 Å². The number of benzene rings is 3. The summed E-state index contributed by atoms with van der Waals surface area (Å²) in [5.74, 6) is 1.07. The van der Waals surface area contributed by atoms with Crippen molar-refractivity contribution in [2.24, 2.45) is 0 Å². The first-order valence-corrected chi connectivity index (χ1v) is 10.7. The average molecular weight is 422 g/mol. The number of hydrogen-bond acceptors (Lipinski definition) is 3. The van der Waals surface area contributed by atoms with Gasteiger partial charge in [0, 0.05) is 12.1 Å². The molecule has 0 radical (unpaired) electrons. The van der Waals surface area contributed by atoms with Crippen molar-refractivity contribution in [2.75, 3.05) is 26.2 Å². The Kier molecular flexibility index (Phi) is 7.95. The van der Waals surface area contributed by atoms with E-state index in [4.69, 9.17) is 16.3 Å². The van der Waals surface area contributed by atoms with E-state index in [0.29, 0.717) is 11.6 Å². The molecule has 1 N–H and O–H groups in total. The maximum Gasteiger partial charge on any atom is 0.119 e. The SMILES string of the molecule is CCN(CC)CCOc1ccc(C(=C(Cl)c2ccccc2)c2ccc(O)cc2)cc1. The normalized spacial score (nSPS) is 12.0. The fourth-order valence-corrected chi connectivity index (χ4v) is 3.67. The van der Waals surface area contributed by atoms with E-state index < -0.39 is 0 Å². The summed E-state index contributed by atoms with van der Waals surface area (Å²) in [5, 5.41) is 10.4. The number of hydrogen-bond donors (Lipinski definition) is 1. The van der Waals surface area contributed by atoms with Crippen LogP contribution >= 0.6 is 11.6 Å². The Hall–Kier alpha value is -2.75. The summed E-state index contributed by atoms with van der Waals surface area (Å²) in [5.41, 5.74) is 3.79. The minimum Gasteiger partial charge on any atom is -0.508 e. The summed E-state index contributed by atoms with van der Waals surface area (Å²) in [6, 6.07) is 25.0. The summed E-state index contributed by atoms with van der Waals surface area (Å²) in [4.78, 5) is 2.33. The first-order chi connectivity index (χ1) is 14.6. The van der Waals surface area contributed by atoms with Crippen LogP contribution < -0.4 is 4.74 Å². The molecular formula is C26H28ClNO2. The molecule has 30 heavy (non-hydrogen) atoms. The Morgan fingerprint density at radius 2 is 1.37 bits per heavy atom. The van der Waals surface area contributed by atoms with Gasteiger partial charge in [-0.2, -0.15) is 0 Å². The van der Waals surface area contributed by atoms with Crippen LogP contribution in [0.5, 0.6) is 11.5 Å². The van der Waals surface area contributed by atoms with E-state index in [1.54, 1.807) is 12.1 Å². The van der Waals surface area contributed by atoms with E-state index in [2.05, 4.69) is 18.7 Å². The zero-order valence-corrected chi connectivity index (χ0v) is 18.3. The van der Waals surface area contributed by atoms with Gasteiger partial charge in [0.2, 0.25) is 0 Å². The van der Waals surface area contributed by atoms with Gasteiger partial charge in [0.05, 0.1) is 5.03 Å². The van der Waals surface area contributed by atoms with E-state index >= 15 is 0 Å². The monoisotopic (exact) mass is 421 g/mol. The molecule has 3 aromatic carbocycles. The second kappa shape index (κ2) is 10.9. The third kappa shape index (κ3) is 5.65. The highest BCUT2D eigenvalue weighted by atomic mass is 35.5. The predicted molar refractivity (Wildman–Crippen MR) is 126 cm³/mol. The topological polar surface area (TPSA) is 32.7 Å². The largest absolute Gasteiger partial charge is 0.508 e. The minimum atomic E-state index is 0.228. The zero-order valence-electron chi connectivity index (χ0n) is 17.5. The van der Waals surface area contributed by atoms with Crippen molar-refractivity contribution in [1.29, 1.82) is 0 Å². The molecule has 3 rings (SSSR count). The Morgan fingerprint density at radius 3 is 1.93 bits per heavy atom. The van der Waals surface area contributed by atoms with Gasteiger partial charge in [0.15, 0.2) is 0 Å². The highest BCUT2D eigenvalue weighted by Crippen LogP contribution is 2.36. The first-order valence-electron chi connectivity index (χ1n) is 10.3. The molecule has 0 amide bonds. The number of phenolic OH excluding ortho intramolecular Hbond substituents is 1. The fourth-order valence-electron chi connectivity index (χ4n) is 3.33. The molecule has 0 heterocycles. The lowest BCUT2D eigenvalue weighted by molar-refractivity contribution is 0.223. The number of nitrogens with zero attached hydrogens (tertiary/aromatic N) is 1. The molecule has 0 atom stereocenters. The van der Waals surface area contributed by atoms with Gasteiger partial charge in [-0.1, -0.05) is 80.0 Å². The molecule has 0 aliphatic heterocycles. The smallest absolute Gasteiger partial charge is 0.119 e. The summed E-state index contributed by atoms with van der Waals surface area (Å²) in [6.07, 6.45) is 0. The molecule has 0 spiro atoms. The second-order valence-electron chi connectivity index (χ2n) is 7.00. The maximum atomic E-state index is 9.69. The van der Waals surface area contributed by atoms with Crippen molar-refractivity contribution in [3.05, 3.63) is 95.6 Å². The summed E-state index contributed by atoms with van der Waals surface area (Å²) in [6.45, 7) is 7.94. The number of likely N-dealkylation sites (N-methyl/N-ethyl adjacent to an activating group) is 1. The summed E-state index contributed by atoms with van der Waals surface area (Å²) >= 11 is 6.85. The minimum absolute atomic E-state index is 0.228. The summed E-state index contributed by atoms with van der Waals surface area (Å²) in [7, 11) is 0. The molecule has 0 aliphatic carbocycles. The lowest BCUT2D eigenvalue weighted by Crippen LogP contribution is -2.27. The number of ether oxygens (including phenoxy) is 1. The predicted octanol–water partition coefficient (Wildman–Crippen LogP) is 6.27. The summed E-state index contributed by atoms with van der Waals surface area (Å²) < 4.78 is 5.92. The molecule has 0 aromatic heterocycles. The van der Waals surface area contributed by atoms with E-state index in [1.165, 1.54) is 0 Å². The molecular weight excluding hydrogens is 394 g/mol. The van der Waals surface area contributed by atoms with Crippen LogP contribution in [0.15, 0.2) is 78.9 Å². The van der Waals surface area contributed by atoms with Gasteiger partial charge in [0.25, 0.3) is 0 Å². The highest BCUT2D eigenvalue weighted by Gasteiger charge is 2.13. The van der Waals surface area contributed by atoms with Crippen LogP contribution in [0.25, 0.3) is 10.6 Å². The fraction of sp³-hybridized carbons (Fsp3) is 0.231. The molecule has 3 aromatic rings. The van der Waals surface area contributed by atoms with E-state index in [9.17, 15) is 5.11 Å². The highest BCUT2D eigenvalue weighted by molar-refractivity contribution is 6.53. The van der Waals surface area contributed by atoms with E-state index in [0.717, 1.165) is 47.6 Å². The van der Waals surface area contributed by atoms with Gasteiger partial charge >= 0.3 is 0 Å². The number of halogens is 1. The molecule has 0 saturated carbocycles. The quantitative estimate of drug-likeness (QED) is 0.413. The molecule has 4 heteroatoms. The molecule has 0 aliphatic rings. The Bertz CT molecular complexity index is 947. The standard InChI is InChI=1S/C26H28ClNO2/c1-3-28(4-2)18-19-30-24-16-12-21(13-17-24)25(20-10-14-23(29)15-11-20)26(27)22-8-6-5-7-9-22/h5-17,29H,3-4,18-19H2,1-2H3. The van der Waals surface area contributed by atoms with Gasteiger partial charge in [-0.05, 0) is 54.0 Å². The van der Waals surface area contributed by atoms with Gasteiger partial charge < -0.3 is 14.7 Å². The van der Waals surface area contributed by atoms with Crippen molar-refractivity contribution < 1.29 is 9.84 Å². The Labute approximate surface area is 184 Å². The van der Waals surface area contributed by atoms with Crippen LogP contribution in [0.3, 0.4) is 0 Å². The van der Waals surface area contributed by atoms with Crippen LogP contribution in [0.2, 0.25) is 0 Å². The Balaban J connectivity index is 1.88. The molecule has 0 fully saturated rings. The van der Waals surface area contributed by atoms with Crippen LogP contribution in [0.1, 0.15) is 30.5 Å². The van der Waals surface area contributed by atoms with Crippen molar-refractivity contribution >= 4 is 22.2 Å². The van der Waals surface area contributed by atoms with Crippen molar-refractivity contribution in [3.63, 3.8) is 0 Å². The van der Waals surface area contributed by atoms with Crippen molar-refractivity contribution in [2.45, 2.75) is 13.8 Å². The van der Waals surface area contributed by atoms with Gasteiger partial charge in [-0.3, -0.25) is 0 Å². The van der Waals surface area contributed by atoms with Crippen molar-refractivity contribution in [1.82, 2.24) is 4.90 Å². The molecule has 0 saturated heterocycles. The number of aromatic hydroxyl groups is 1. The van der Waals surface area contributed by atoms with Crippen molar-refractivity contribution in [3.8, 4) is 11.5 Å². The lowest BCUT2D eigenvalue weighted by atomic mass is 9.95. The molecule has 0 bridgehead atoms. The average Bonchev–Trinajstić information content (AvgIpc) is 2.79. The molecule has 0 unspecified atom stereocenters. The second-order valence-corrected chi connectivity index (χ2v) is 7.38. The number of rotatable bonds is 9. The lowest BCUT2D eigenvalue weighted by Gasteiger charge is -2.18. The van der Waals surface area contributed by atoms with Gasteiger partial charge in [-0.25, -0.2) is 0 Å². The van der Waals surface area contributed by atoms with Crippen LogP contribution in [0.4, 0.5) is 0 Å². The van der Waals surface area contributed by atoms with Gasteiger partial charge in [-0.15, -0.1) is 0 Å². The first kappa shape index (κ1) is 21.9. The third-order valence-corrected chi connectivity index (χ3v) is 5.52. The molecule has 156 valence electrons. The van der Waals surface area contributed by atoms with E-state index in [-0.39, 0.29) is 5.75 Å². The van der Waals surface area contributed by atoms with Crippen LogP contribution in [0, 0.1) is 0 Å². The van der Waals surface area contributed by atoms with Crippen LogP contribution in [-0.4, -0.2) is 36.2 Å². The maximum absolute atomic E-state index is 9.69.